The summed E-state index contributed by atoms with van der Waals surface area (Å²) in [5.74, 6) is 0.969. The highest BCUT2D eigenvalue weighted by Gasteiger charge is 2.01. The van der Waals surface area contributed by atoms with Crippen molar-refractivity contribution in [2.24, 2.45) is 5.92 Å². The van der Waals surface area contributed by atoms with E-state index in [1.165, 1.54) is 193 Å². The highest BCUT2D eigenvalue weighted by Crippen LogP contribution is 2.18. The van der Waals surface area contributed by atoms with Crippen LogP contribution >= 0.6 is 0 Å². The molecule has 0 fully saturated rings. The topological polar surface area (TPSA) is 0 Å². The quantitative estimate of drug-likeness (QED) is 0.0900. The predicted octanol–water partition coefficient (Wildman–Crippen LogP) is 13.4. The molecular weight excluding hydrogens is 408 g/mol. The van der Waals surface area contributed by atoms with Gasteiger partial charge in [-0.3, -0.25) is 0 Å². The molecule has 1 unspecified atom stereocenters. The first kappa shape index (κ1) is 34.0. The van der Waals surface area contributed by atoms with Crippen LogP contribution in [0.15, 0.2) is 0 Å². The Morgan fingerprint density at radius 1 is 0.265 bits per heavy atom. The lowest BCUT2D eigenvalue weighted by atomic mass is 9.96. The van der Waals surface area contributed by atoms with Crippen LogP contribution in [0.5, 0.6) is 0 Å². The van der Waals surface area contributed by atoms with Gasteiger partial charge in [-0.1, -0.05) is 213 Å². The van der Waals surface area contributed by atoms with Gasteiger partial charge in [-0.2, -0.15) is 0 Å². The maximum Gasteiger partial charge on any atom is -0.0443 e. The van der Waals surface area contributed by atoms with Crippen molar-refractivity contribution in [3.8, 4) is 0 Å². The van der Waals surface area contributed by atoms with Crippen molar-refractivity contribution in [1.82, 2.24) is 0 Å². The van der Waals surface area contributed by atoms with Gasteiger partial charge in [-0.25, -0.2) is 0 Å². The van der Waals surface area contributed by atoms with E-state index in [1.807, 2.05) is 0 Å². The Hall–Kier alpha value is 0. The van der Waals surface area contributed by atoms with Gasteiger partial charge >= 0.3 is 0 Å². The van der Waals surface area contributed by atoms with Crippen LogP contribution in [-0.2, 0) is 0 Å². The van der Waals surface area contributed by atoms with E-state index >= 15 is 0 Å². The fourth-order valence-electron chi connectivity index (χ4n) is 5.52. The Morgan fingerprint density at radius 2 is 0.441 bits per heavy atom. The lowest BCUT2D eigenvalue weighted by Crippen LogP contribution is -1.94. The molecule has 0 aliphatic carbocycles. The number of rotatable bonds is 30. The number of unbranched alkanes of at least 4 members (excludes halogenated alkanes) is 26. The van der Waals surface area contributed by atoms with Gasteiger partial charge in [0.15, 0.2) is 0 Å². The van der Waals surface area contributed by atoms with Crippen molar-refractivity contribution in [1.29, 1.82) is 0 Å². The van der Waals surface area contributed by atoms with Crippen LogP contribution in [0.3, 0.4) is 0 Å². The summed E-state index contributed by atoms with van der Waals surface area (Å²) in [6.45, 7) is 7.09. The summed E-state index contributed by atoms with van der Waals surface area (Å²) in [6.07, 6.45) is 44.3. The Kier molecular flexibility index (Phi) is 31.0. The molecule has 0 rings (SSSR count). The second-order valence-corrected chi connectivity index (χ2v) is 11.9. The van der Waals surface area contributed by atoms with E-state index in [2.05, 4.69) is 20.8 Å². The molecule has 0 aliphatic heterocycles. The number of hydrogen-bond acceptors (Lipinski definition) is 0. The third kappa shape index (κ3) is 30.0. The molecule has 0 radical (unpaired) electrons. The summed E-state index contributed by atoms with van der Waals surface area (Å²) in [4.78, 5) is 0. The van der Waals surface area contributed by atoms with Gasteiger partial charge in [0, 0.05) is 0 Å². The lowest BCUT2D eigenvalue weighted by molar-refractivity contribution is 0.435. The van der Waals surface area contributed by atoms with Crippen molar-refractivity contribution in [2.45, 2.75) is 213 Å². The normalized spacial score (nSPS) is 12.4. The van der Waals surface area contributed by atoms with E-state index in [9.17, 15) is 0 Å². The molecule has 0 aromatic rings. The summed E-state index contributed by atoms with van der Waals surface area (Å²) < 4.78 is 0. The van der Waals surface area contributed by atoms with Crippen LogP contribution < -0.4 is 0 Å². The molecule has 0 heterocycles. The van der Waals surface area contributed by atoms with Crippen molar-refractivity contribution in [3.05, 3.63) is 0 Å². The van der Waals surface area contributed by atoms with Crippen LogP contribution in [0, 0.1) is 5.92 Å². The SMILES string of the molecule is CCCCCCCCCCCCCCCCCCCCCCCCCCCC(C)CCCCC. The standard InChI is InChI=1S/C34H70/c1-4-6-8-9-10-11-12-13-14-15-16-17-18-19-20-21-22-23-24-25-26-27-28-29-31-33-34(3)32-30-7-5-2/h34H,4-33H2,1-3H3. The monoisotopic (exact) mass is 479 g/mol. The van der Waals surface area contributed by atoms with E-state index in [-0.39, 0.29) is 0 Å². The van der Waals surface area contributed by atoms with E-state index in [0.717, 1.165) is 5.92 Å². The first-order valence-electron chi connectivity index (χ1n) is 16.8. The first-order chi connectivity index (χ1) is 16.8. The maximum absolute atomic E-state index is 2.47. The van der Waals surface area contributed by atoms with Gasteiger partial charge in [0.05, 0.1) is 0 Å². The summed E-state index contributed by atoms with van der Waals surface area (Å²) in [7, 11) is 0. The fourth-order valence-corrected chi connectivity index (χ4v) is 5.52. The molecule has 206 valence electrons. The molecule has 0 saturated heterocycles. The third-order valence-corrected chi connectivity index (χ3v) is 8.10. The number of hydrogen-bond donors (Lipinski definition) is 0. The molecule has 34 heavy (non-hydrogen) atoms. The van der Waals surface area contributed by atoms with Gasteiger partial charge in [-0.15, -0.1) is 0 Å². The van der Waals surface area contributed by atoms with Crippen LogP contribution in [0.4, 0.5) is 0 Å². The average molecular weight is 479 g/mol. The molecule has 0 amide bonds. The summed E-state index contributed by atoms with van der Waals surface area (Å²) in [5, 5.41) is 0. The fraction of sp³-hybridized carbons (Fsp3) is 1.00. The zero-order chi connectivity index (χ0) is 24.8. The second kappa shape index (κ2) is 31.0. The minimum absolute atomic E-state index is 0.969. The molecule has 0 aromatic heterocycles. The highest BCUT2D eigenvalue weighted by molar-refractivity contribution is 4.55. The van der Waals surface area contributed by atoms with Gasteiger partial charge in [0.2, 0.25) is 0 Å². The van der Waals surface area contributed by atoms with Crippen molar-refractivity contribution in [2.75, 3.05) is 0 Å². The van der Waals surface area contributed by atoms with Crippen LogP contribution in [0.1, 0.15) is 213 Å². The zero-order valence-electron chi connectivity index (χ0n) is 24.8. The first-order valence-corrected chi connectivity index (χ1v) is 16.8. The van der Waals surface area contributed by atoms with Crippen molar-refractivity contribution in [3.63, 3.8) is 0 Å². The molecule has 0 aliphatic rings. The summed E-state index contributed by atoms with van der Waals surface area (Å²) >= 11 is 0. The molecule has 0 aromatic carbocycles. The zero-order valence-corrected chi connectivity index (χ0v) is 24.8. The van der Waals surface area contributed by atoms with Crippen LogP contribution in [0.25, 0.3) is 0 Å². The smallest absolute Gasteiger partial charge is 0.0443 e. The molecule has 0 heteroatoms. The molecule has 0 nitrogen and oxygen atoms in total. The molecule has 0 spiro atoms. The molecule has 1 atom stereocenters. The van der Waals surface area contributed by atoms with Gasteiger partial charge in [-0.05, 0) is 5.92 Å². The van der Waals surface area contributed by atoms with E-state index in [4.69, 9.17) is 0 Å². The van der Waals surface area contributed by atoms with E-state index in [1.54, 1.807) is 0 Å². The Balaban J connectivity index is 3.05. The molecule has 0 N–H and O–H groups in total. The minimum Gasteiger partial charge on any atom is -0.0654 e. The Labute approximate surface area is 219 Å². The van der Waals surface area contributed by atoms with Gasteiger partial charge < -0.3 is 0 Å². The van der Waals surface area contributed by atoms with E-state index < -0.39 is 0 Å². The molecule has 0 saturated carbocycles. The minimum atomic E-state index is 0.969. The third-order valence-electron chi connectivity index (χ3n) is 8.10. The lowest BCUT2D eigenvalue weighted by Gasteiger charge is -2.10. The maximum atomic E-state index is 2.47. The highest BCUT2D eigenvalue weighted by atomic mass is 14.1. The van der Waals surface area contributed by atoms with Crippen molar-refractivity contribution >= 4 is 0 Å². The van der Waals surface area contributed by atoms with Crippen molar-refractivity contribution < 1.29 is 0 Å². The summed E-state index contributed by atoms with van der Waals surface area (Å²) in [5.41, 5.74) is 0. The van der Waals surface area contributed by atoms with E-state index in [0.29, 0.717) is 0 Å². The average Bonchev–Trinajstić information content (AvgIpc) is 2.84. The van der Waals surface area contributed by atoms with Crippen LogP contribution in [-0.4, -0.2) is 0 Å². The largest absolute Gasteiger partial charge is 0.0654 e. The molecule has 0 bridgehead atoms. The molecular formula is C34H70. The van der Waals surface area contributed by atoms with Gasteiger partial charge in [0.1, 0.15) is 0 Å². The predicted molar refractivity (Wildman–Crippen MR) is 159 cm³/mol. The van der Waals surface area contributed by atoms with Gasteiger partial charge in [0.25, 0.3) is 0 Å². The Bertz CT molecular complexity index is 333. The van der Waals surface area contributed by atoms with Crippen LogP contribution in [0.2, 0.25) is 0 Å². The Morgan fingerprint density at radius 3 is 0.706 bits per heavy atom. The summed E-state index contributed by atoms with van der Waals surface area (Å²) in [6, 6.07) is 0. The second-order valence-electron chi connectivity index (χ2n) is 11.9.